The SMILES string of the molecule is O=C(NCCC(=O)N1CCC(C(=O)Nc2ccccc2)CC1)NC1CCCCC1. The summed E-state index contributed by atoms with van der Waals surface area (Å²) in [6, 6.07) is 9.51. The highest BCUT2D eigenvalue weighted by Crippen LogP contribution is 2.20. The Morgan fingerprint density at radius 1 is 0.931 bits per heavy atom. The zero-order chi connectivity index (χ0) is 20.5. The monoisotopic (exact) mass is 400 g/mol. The van der Waals surface area contributed by atoms with Crippen molar-refractivity contribution < 1.29 is 14.4 Å². The average molecular weight is 401 g/mol. The number of hydrogen-bond donors (Lipinski definition) is 3. The maximum Gasteiger partial charge on any atom is 0.315 e. The van der Waals surface area contributed by atoms with E-state index in [1.807, 2.05) is 30.3 Å². The first-order valence-corrected chi connectivity index (χ1v) is 10.8. The van der Waals surface area contributed by atoms with Crippen molar-refractivity contribution in [1.82, 2.24) is 15.5 Å². The number of carbonyl (C=O) groups is 3. The zero-order valence-electron chi connectivity index (χ0n) is 17.0. The number of urea groups is 1. The van der Waals surface area contributed by atoms with Crippen molar-refractivity contribution >= 4 is 23.5 Å². The predicted octanol–water partition coefficient (Wildman–Crippen LogP) is 2.89. The third-order valence-electron chi connectivity index (χ3n) is 5.82. The fourth-order valence-corrected chi connectivity index (χ4v) is 4.08. The van der Waals surface area contributed by atoms with Crippen molar-refractivity contribution in [2.24, 2.45) is 5.92 Å². The van der Waals surface area contributed by atoms with Crippen molar-refractivity contribution in [3.05, 3.63) is 30.3 Å². The molecule has 0 aromatic heterocycles. The number of para-hydroxylation sites is 1. The first-order chi connectivity index (χ1) is 14.1. The summed E-state index contributed by atoms with van der Waals surface area (Å²) < 4.78 is 0. The van der Waals surface area contributed by atoms with Crippen molar-refractivity contribution in [1.29, 1.82) is 0 Å². The van der Waals surface area contributed by atoms with Gasteiger partial charge < -0.3 is 20.9 Å². The molecule has 2 fully saturated rings. The molecule has 3 N–H and O–H groups in total. The number of rotatable bonds is 6. The smallest absolute Gasteiger partial charge is 0.315 e. The fraction of sp³-hybridized carbons (Fsp3) is 0.591. The lowest BCUT2D eigenvalue weighted by Crippen LogP contribution is -2.45. The predicted molar refractivity (Wildman–Crippen MR) is 112 cm³/mol. The number of nitrogens with zero attached hydrogens (tertiary/aromatic N) is 1. The second kappa shape index (κ2) is 10.8. The molecule has 7 heteroatoms. The minimum Gasteiger partial charge on any atom is -0.343 e. The van der Waals surface area contributed by atoms with Crippen LogP contribution in [0.2, 0.25) is 0 Å². The van der Waals surface area contributed by atoms with Crippen LogP contribution in [0.3, 0.4) is 0 Å². The molecule has 7 nitrogen and oxygen atoms in total. The van der Waals surface area contributed by atoms with Crippen LogP contribution in [0.15, 0.2) is 30.3 Å². The third kappa shape index (κ3) is 6.76. The van der Waals surface area contributed by atoms with Gasteiger partial charge in [0.15, 0.2) is 0 Å². The fourth-order valence-electron chi connectivity index (χ4n) is 4.08. The minimum absolute atomic E-state index is 0.0179. The van der Waals surface area contributed by atoms with E-state index >= 15 is 0 Å². The molecule has 3 rings (SSSR count). The van der Waals surface area contributed by atoms with Crippen LogP contribution in [-0.2, 0) is 9.59 Å². The summed E-state index contributed by atoms with van der Waals surface area (Å²) in [6.07, 6.45) is 7.29. The molecule has 158 valence electrons. The summed E-state index contributed by atoms with van der Waals surface area (Å²) >= 11 is 0. The molecule has 1 aromatic rings. The summed E-state index contributed by atoms with van der Waals surface area (Å²) in [7, 11) is 0. The maximum atomic E-state index is 12.4. The Balaban J connectivity index is 1.31. The van der Waals surface area contributed by atoms with Gasteiger partial charge in [-0.1, -0.05) is 37.5 Å². The second-order valence-corrected chi connectivity index (χ2v) is 8.00. The molecule has 1 aliphatic heterocycles. The molecule has 0 atom stereocenters. The lowest BCUT2D eigenvalue weighted by atomic mass is 9.95. The summed E-state index contributed by atoms with van der Waals surface area (Å²) in [5.41, 5.74) is 0.800. The van der Waals surface area contributed by atoms with Gasteiger partial charge in [-0.25, -0.2) is 4.79 Å². The minimum atomic E-state index is -0.180. The van der Waals surface area contributed by atoms with Crippen LogP contribution >= 0.6 is 0 Å². The van der Waals surface area contributed by atoms with E-state index in [4.69, 9.17) is 0 Å². The summed E-state index contributed by atoms with van der Waals surface area (Å²) in [5.74, 6) is -0.0205. The van der Waals surface area contributed by atoms with E-state index in [2.05, 4.69) is 16.0 Å². The van der Waals surface area contributed by atoms with E-state index in [0.29, 0.717) is 38.9 Å². The Bertz CT molecular complexity index is 681. The average Bonchev–Trinajstić information content (AvgIpc) is 2.75. The second-order valence-electron chi connectivity index (χ2n) is 8.00. The number of benzene rings is 1. The van der Waals surface area contributed by atoms with Crippen molar-refractivity contribution in [2.45, 2.75) is 57.4 Å². The highest BCUT2D eigenvalue weighted by Gasteiger charge is 2.27. The van der Waals surface area contributed by atoms with E-state index in [9.17, 15) is 14.4 Å². The van der Waals surface area contributed by atoms with E-state index in [0.717, 1.165) is 18.5 Å². The molecule has 1 aromatic carbocycles. The van der Waals surface area contributed by atoms with E-state index in [1.54, 1.807) is 4.90 Å². The van der Waals surface area contributed by atoms with Crippen molar-refractivity contribution in [2.75, 3.05) is 25.0 Å². The first-order valence-electron chi connectivity index (χ1n) is 10.8. The van der Waals surface area contributed by atoms with Gasteiger partial charge in [-0.15, -0.1) is 0 Å². The maximum absolute atomic E-state index is 12.4. The molecule has 0 radical (unpaired) electrons. The molecule has 29 heavy (non-hydrogen) atoms. The van der Waals surface area contributed by atoms with Gasteiger partial charge in [0.25, 0.3) is 0 Å². The topological polar surface area (TPSA) is 90.5 Å². The standard InChI is InChI=1S/C22H32N4O3/c27-20(11-14-23-22(29)25-19-9-5-2-6-10-19)26-15-12-17(13-16-26)21(28)24-18-7-3-1-4-8-18/h1,3-4,7-8,17,19H,2,5-6,9-16H2,(H,24,28)(H2,23,25,29). The van der Waals surface area contributed by atoms with Crippen LogP contribution in [-0.4, -0.2) is 48.4 Å². The Morgan fingerprint density at radius 2 is 1.62 bits per heavy atom. The van der Waals surface area contributed by atoms with Crippen molar-refractivity contribution in [3.63, 3.8) is 0 Å². The van der Waals surface area contributed by atoms with Crippen molar-refractivity contribution in [3.8, 4) is 0 Å². The van der Waals surface area contributed by atoms with Crippen LogP contribution in [0.4, 0.5) is 10.5 Å². The van der Waals surface area contributed by atoms with Crippen LogP contribution in [0.5, 0.6) is 0 Å². The molecule has 1 saturated carbocycles. The molecule has 0 bridgehead atoms. The van der Waals surface area contributed by atoms with Crippen LogP contribution in [0.25, 0.3) is 0 Å². The molecule has 1 saturated heterocycles. The largest absolute Gasteiger partial charge is 0.343 e. The van der Waals surface area contributed by atoms with Gasteiger partial charge in [0.2, 0.25) is 11.8 Å². The van der Waals surface area contributed by atoms with Crippen LogP contribution < -0.4 is 16.0 Å². The van der Waals surface area contributed by atoms with Crippen LogP contribution in [0.1, 0.15) is 51.4 Å². The molecule has 1 aliphatic carbocycles. The van der Waals surface area contributed by atoms with Gasteiger partial charge in [-0.3, -0.25) is 9.59 Å². The van der Waals surface area contributed by atoms with Gasteiger partial charge in [0.1, 0.15) is 0 Å². The number of carbonyl (C=O) groups excluding carboxylic acids is 3. The number of anilines is 1. The van der Waals surface area contributed by atoms with Gasteiger partial charge in [-0.05, 0) is 37.8 Å². The zero-order valence-corrected chi connectivity index (χ0v) is 17.0. The summed E-state index contributed by atoms with van der Waals surface area (Å²) in [6.45, 7) is 1.51. The van der Waals surface area contributed by atoms with Gasteiger partial charge in [-0.2, -0.15) is 0 Å². The van der Waals surface area contributed by atoms with E-state index in [-0.39, 0.29) is 29.8 Å². The molecular formula is C22H32N4O3. The molecule has 4 amide bonds. The third-order valence-corrected chi connectivity index (χ3v) is 5.82. The molecule has 0 unspecified atom stereocenters. The highest BCUT2D eigenvalue weighted by atomic mass is 16.2. The number of hydrogen-bond acceptors (Lipinski definition) is 3. The molecule has 0 spiro atoms. The quantitative estimate of drug-likeness (QED) is 0.686. The summed E-state index contributed by atoms with van der Waals surface area (Å²) in [5, 5.41) is 8.72. The summed E-state index contributed by atoms with van der Waals surface area (Å²) in [4.78, 5) is 38.5. The van der Waals surface area contributed by atoms with Gasteiger partial charge >= 0.3 is 6.03 Å². The van der Waals surface area contributed by atoms with Crippen LogP contribution in [0, 0.1) is 5.92 Å². The number of likely N-dealkylation sites (tertiary alicyclic amines) is 1. The molecule has 1 heterocycles. The lowest BCUT2D eigenvalue weighted by Gasteiger charge is -2.31. The Hall–Kier alpha value is -2.57. The Kier molecular flexibility index (Phi) is 7.90. The molecule has 2 aliphatic rings. The highest BCUT2D eigenvalue weighted by molar-refractivity contribution is 5.92. The number of piperidine rings is 1. The first kappa shape index (κ1) is 21.1. The van der Waals surface area contributed by atoms with E-state index in [1.165, 1.54) is 19.3 Å². The van der Waals surface area contributed by atoms with E-state index < -0.39 is 0 Å². The Labute approximate surface area is 172 Å². The normalized spacial score (nSPS) is 18.1. The van der Waals surface area contributed by atoms with Gasteiger partial charge in [0.05, 0.1) is 0 Å². The van der Waals surface area contributed by atoms with Gasteiger partial charge in [0, 0.05) is 43.7 Å². The Morgan fingerprint density at radius 3 is 2.31 bits per heavy atom. The molecular weight excluding hydrogens is 368 g/mol. The number of amides is 4. The lowest BCUT2D eigenvalue weighted by molar-refractivity contribution is -0.134. The number of nitrogens with one attached hydrogen (secondary N) is 3.